The average Bonchev–Trinajstić information content (AvgIpc) is 3.07. The van der Waals surface area contributed by atoms with Gasteiger partial charge in [0.25, 0.3) is 0 Å². The predicted octanol–water partition coefficient (Wildman–Crippen LogP) is 5.78. The van der Waals surface area contributed by atoms with Gasteiger partial charge < -0.3 is 30.3 Å². The lowest BCUT2D eigenvalue weighted by Gasteiger charge is -2.51. The molecule has 10 nitrogen and oxygen atoms in total. The van der Waals surface area contributed by atoms with Crippen molar-refractivity contribution >= 4 is 17.8 Å². The molecule has 49 heavy (non-hydrogen) atoms. The summed E-state index contributed by atoms with van der Waals surface area (Å²) in [7, 11) is 0. The molecule has 4 N–H and O–H groups in total. The van der Waals surface area contributed by atoms with E-state index < -0.39 is 12.3 Å². The third-order valence-corrected chi connectivity index (χ3v) is 10.4. The maximum Gasteiger partial charge on any atom is 0.303 e. The molecule has 0 unspecified atom stereocenters. The molecule has 7 atom stereocenters. The Hall–Kier alpha value is -3.31. The van der Waals surface area contributed by atoms with Gasteiger partial charge in [-0.3, -0.25) is 19.3 Å². The molecule has 2 saturated heterocycles. The van der Waals surface area contributed by atoms with Crippen molar-refractivity contribution in [3.8, 4) is 0 Å². The fourth-order valence-corrected chi connectivity index (χ4v) is 7.75. The summed E-state index contributed by atoms with van der Waals surface area (Å²) in [5.74, 6) is -0.416. The molecule has 0 aromatic heterocycles. The minimum absolute atomic E-state index is 0.0119. The SMILES string of the molecule is C[C@H]1[C@@H](CN2[C@@H](C(=O)NC(C)(C)C)CC[C@H]3CCCC[C@H]32)O[C@@H](c2ccc(CNC(=O)CCCC(=O)O)cc2)O[C@H]1c1ccc(CO)cc1. The van der Waals surface area contributed by atoms with Crippen LogP contribution in [0.3, 0.4) is 0 Å². The quantitative estimate of drug-likeness (QED) is 0.222. The maximum absolute atomic E-state index is 13.8. The Kier molecular flexibility index (Phi) is 12.5. The van der Waals surface area contributed by atoms with Gasteiger partial charge in [-0.2, -0.15) is 0 Å². The Labute approximate surface area is 290 Å². The second kappa shape index (κ2) is 16.6. The minimum Gasteiger partial charge on any atom is -0.481 e. The molecule has 2 aromatic rings. The summed E-state index contributed by atoms with van der Waals surface area (Å²) in [6, 6.07) is 15.9. The summed E-state index contributed by atoms with van der Waals surface area (Å²) in [6.45, 7) is 9.20. The number of aliphatic hydroxyl groups is 1. The van der Waals surface area contributed by atoms with Gasteiger partial charge in [-0.25, -0.2) is 0 Å². The number of hydrogen-bond donors (Lipinski definition) is 4. The number of fused-ring (bicyclic) bond motifs is 1. The number of likely N-dealkylation sites (tertiary alicyclic amines) is 1. The molecule has 1 saturated carbocycles. The first-order valence-electron chi connectivity index (χ1n) is 18.1. The third kappa shape index (κ3) is 9.90. The number of amides is 2. The second-order valence-electron chi connectivity index (χ2n) is 15.2. The van der Waals surface area contributed by atoms with Crippen molar-refractivity contribution < 1.29 is 34.1 Å². The molecule has 0 radical (unpaired) electrons. The number of benzene rings is 2. The highest BCUT2D eigenvalue weighted by Gasteiger charge is 2.46. The summed E-state index contributed by atoms with van der Waals surface area (Å²) in [6.07, 6.45) is 5.96. The largest absolute Gasteiger partial charge is 0.481 e. The smallest absolute Gasteiger partial charge is 0.303 e. The number of aliphatic hydroxyl groups excluding tert-OH is 1. The lowest BCUT2D eigenvalue weighted by molar-refractivity contribution is -0.278. The summed E-state index contributed by atoms with van der Waals surface area (Å²) in [5, 5.41) is 24.6. The molecule has 2 amide bonds. The number of carboxylic acids is 1. The molecule has 0 spiro atoms. The van der Waals surface area contributed by atoms with E-state index >= 15 is 0 Å². The Morgan fingerprint density at radius 3 is 2.22 bits per heavy atom. The van der Waals surface area contributed by atoms with Crippen molar-refractivity contribution in [2.45, 2.75) is 135 Å². The fourth-order valence-electron chi connectivity index (χ4n) is 7.75. The first kappa shape index (κ1) is 37.0. The number of aliphatic carboxylic acids is 1. The molecule has 10 heteroatoms. The van der Waals surface area contributed by atoms with Crippen LogP contribution < -0.4 is 10.6 Å². The highest BCUT2D eigenvalue weighted by Crippen LogP contribution is 2.44. The van der Waals surface area contributed by atoms with E-state index in [0.717, 1.165) is 41.5 Å². The van der Waals surface area contributed by atoms with E-state index in [1.807, 2.05) is 69.3 Å². The van der Waals surface area contributed by atoms with Crippen molar-refractivity contribution in [1.29, 1.82) is 0 Å². The van der Waals surface area contributed by atoms with Crippen LogP contribution in [0.2, 0.25) is 0 Å². The molecular formula is C39H55N3O7. The van der Waals surface area contributed by atoms with Crippen LogP contribution >= 0.6 is 0 Å². The standard InChI is InChI=1S/C39H55N3O7/c1-25-33(23-42-31-9-6-5-8-28(31)20-21-32(42)37(47)41-39(2,3)4)48-38(49-36(25)29-16-14-27(24-43)15-17-29)30-18-12-26(13-19-30)22-40-34(44)10-7-11-35(45)46/h12-19,25,28,31-33,36,38,43H,5-11,20-24H2,1-4H3,(H,40,44)(H,41,47)(H,45,46)/t25-,28+,31+,32+,33+,36+,38+/m0/s1. The van der Waals surface area contributed by atoms with Gasteiger partial charge in [-0.1, -0.05) is 68.3 Å². The van der Waals surface area contributed by atoms with Crippen molar-refractivity contribution in [3.05, 3.63) is 70.8 Å². The zero-order chi connectivity index (χ0) is 35.1. The van der Waals surface area contributed by atoms with E-state index in [0.29, 0.717) is 31.5 Å². The zero-order valence-electron chi connectivity index (χ0n) is 29.5. The van der Waals surface area contributed by atoms with Crippen LogP contribution in [-0.4, -0.2) is 63.2 Å². The molecule has 0 bridgehead atoms. The number of rotatable bonds is 12. The molecule has 1 aliphatic carbocycles. The number of ether oxygens (including phenoxy) is 2. The molecular weight excluding hydrogens is 622 g/mol. The minimum atomic E-state index is -0.906. The lowest BCUT2D eigenvalue weighted by atomic mass is 9.75. The Morgan fingerprint density at radius 2 is 1.55 bits per heavy atom. The summed E-state index contributed by atoms with van der Waals surface area (Å²) >= 11 is 0. The van der Waals surface area contributed by atoms with Crippen LogP contribution in [0.1, 0.15) is 120 Å². The van der Waals surface area contributed by atoms with Crippen LogP contribution in [0.5, 0.6) is 0 Å². The molecule has 2 aliphatic heterocycles. The first-order chi connectivity index (χ1) is 23.4. The van der Waals surface area contributed by atoms with Gasteiger partial charge in [0.15, 0.2) is 6.29 Å². The highest BCUT2D eigenvalue weighted by molar-refractivity contribution is 5.82. The number of piperidine rings is 1. The predicted molar refractivity (Wildman–Crippen MR) is 186 cm³/mol. The van der Waals surface area contributed by atoms with E-state index in [4.69, 9.17) is 14.6 Å². The Morgan fingerprint density at radius 1 is 0.878 bits per heavy atom. The molecule has 268 valence electrons. The van der Waals surface area contributed by atoms with Gasteiger partial charge in [-0.05, 0) is 75.5 Å². The highest BCUT2D eigenvalue weighted by atomic mass is 16.7. The van der Waals surface area contributed by atoms with Crippen molar-refractivity contribution in [3.63, 3.8) is 0 Å². The average molecular weight is 678 g/mol. The number of nitrogens with zero attached hydrogens (tertiary/aromatic N) is 1. The molecule has 3 aliphatic rings. The normalized spacial score (nSPS) is 27.6. The summed E-state index contributed by atoms with van der Waals surface area (Å²) < 4.78 is 13.6. The van der Waals surface area contributed by atoms with E-state index in [2.05, 4.69) is 22.5 Å². The van der Waals surface area contributed by atoms with E-state index in [1.54, 1.807) is 0 Å². The lowest BCUT2D eigenvalue weighted by Crippen LogP contribution is -2.61. The number of carboxylic acid groups (broad SMARTS) is 1. The molecule has 5 rings (SSSR count). The number of nitrogens with one attached hydrogen (secondary N) is 2. The summed E-state index contributed by atoms with van der Waals surface area (Å²) in [5.41, 5.74) is 3.31. The van der Waals surface area contributed by atoms with Gasteiger partial charge in [0.1, 0.15) is 0 Å². The Bertz CT molecular complexity index is 1410. The van der Waals surface area contributed by atoms with E-state index in [1.165, 1.54) is 19.3 Å². The topological polar surface area (TPSA) is 137 Å². The van der Waals surface area contributed by atoms with Crippen molar-refractivity contribution in [1.82, 2.24) is 15.5 Å². The maximum atomic E-state index is 13.8. The van der Waals surface area contributed by atoms with Crippen LogP contribution in [0.4, 0.5) is 0 Å². The molecule has 2 aromatic carbocycles. The van der Waals surface area contributed by atoms with Gasteiger partial charge in [0, 0.05) is 49.0 Å². The molecule has 3 fully saturated rings. The van der Waals surface area contributed by atoms with Gasteiger partial charge in [0.05, 0.1) is 24.9 Å². The fraction of sp³-hybridized carbons (Fsp3) is 0.615. The van der Waals surface area contributed by atoms with Gasteiger partial charge in [0.2, 0.25) is 11.8 Å². The first-order valence-corrected chi connectivity index (χ1v) is 18.1. The monoisotopic (exact) mass is 677 g/mol. The van der Waals surface area contributed by atoms with Gasteiger partial charge >= 0.3 is 5.97 Å². The van der Waals surface area contributed by atoms with Gasteiger partial charge in [-0.15, -0.1) is 0 Å². The van der Waals surface area contributed by atoms with Crippen molar-refractivity contribution in [2.75, 3.05) is 6.54 Å². The van der Waals surface area contributed by atoms with Crippen molar-refractivity contribution in [2.24, 2.45) is 11.8 Å². The van der Waals surface area contributed by atoms with Crippen LogP contribution in [0.15, 0.2) is 48.5 Å². The van der Waals surface area contributed by atoms with E-state index in [9.17, 15) is 19.5 Å². The van der Waals surface area contributed by atoms with E-state index in [-0.39, 0.29) is 61.0 Å². The third-order valence-electron chi connectivity index (χ3n) is 10.4. The number of carbonyl (C=O) groups excluding carboxylic acids is 2. The number of carbonyl (C=O) groups is 3. The second-order valence-corrected chi connectivity index (χ2v) is 15.2. The van der Waals surface area contributed by atoms with Crippen LogP contribution in [0.25, 0.3) is 0 Å². The zero-order valence-corrected chi connectivity index (χ0v) is 29.5. The number of hydrogen-bond acceptors (Lipinski definition) is 7. The Balaban J connectivity index is 1.36. The molecule has 2 heterocycles. The van der Waals surface area contributed by atoms with Crippen LogP contribution in [-0.2, 0) is 37.0 Å². The summed E-state index contributed by atoms with van der Waals surface area (Å²) in [4.78, 5) is 39.2. The van der Waals surface area contributed by atoms with Crippen LogP contribution in [0, 0.1) is 11.8 Å².